The first-order chi connectivity index (χ1) is 12.5. The Hall–Kier alpha value is -2.74. The first-order valence-electron chi connectivity index (χ1n) is 8.35. The number of carbonyl (C=O) groups is 2. The Morgan fingerprint density at radius 2 is 2.00 bits per heavy atom. The minimum absolute atomic E-state index is 0.00466. The van der Waals surface area contributed by atoms with Gasteiger partial charge in [-0.1, -0.05) is 6.42 Å². The third-order valence-electron chi connectivity index (χ3n) is 4.37. The van der Waals surface area contributed by atoms with Crippen molar-refractivity contribution in [3.05, 3.63) is 45.3 Å². The Balaban J connectivity index is 1.94. The molecule has 0 saturated heterocycles. The molecule has 0 aliphatic heterocycles. The number of nitro groups is 1. The molecule has 8 heteroatoms. The number of non-ortho nitro benzene ring substituents is 1. The molecule has 1 aliphatic carbocycles. The van der Waals surface area contributed by atoms with E-state index in [0.717, 1.165) is 19.3 Å². The zero-order valence-electron chi connectivity index (χ0n) is 14.2. The highest BCUT2D eigenvalue weighted by Crippen LogP contribution is 2.38. The van der Waals surface area contributed by atoms with Crippen molar-refractivity contribution >= 4 is 33.9 Å². The lowest BCUT2D eigenvalue weighted by atomic mass is 9.85. The van der Waals surface area contributed by atoms with Crippen LogP contribution >= 0.6 is 11.3 Å². The zero-order valence-corrected chi connectivity index (χ0v) is 15.0. The predicted molar refractivity (Wildman–Crippen MR) is 98.3 cm³/mol. The number of nitrogens with one attached hydrogen (secondary N) is 1. The maximum absolute atomic E-state index is 12.5. The minimum Gasteiger partial charge on any atom is -0.462 e. The Kier molecular flexibility index (Phi) is 5.32. The van der Waals surface area contributed by atoms with E-state index in [4.69, 9.17) is 4.74 Å². The zero-order chi connectivity index (χ0) is 18.7. The number of hydrogen-bond donors (Lipinski definition) is 1. The lowest BCUT2D eigenvalue weighted by molar-refractivity contribution is -0.384. The predicted octanol–water partition coefficient (Wildman–Crippen LogP) is 4.24. The van der Waals surface area contributed by atoms with E-state index in [-0.39, 0.29) is 24.1 Å². The highest BCUT2D eigenvalue weighted by atomic mass is 32.1. The van der Waals surface area contributed by atoms with Gasteiger partial charge in [0.25, 0.3) is 5.69 Å². The fourth-order valence-corrected chi connectivity index (χ4v) is 3.68. The van der Waals surface area contributed by atoms with Gasteiger partial charge in [-0.2, -0.15) is 0 Å². The molecule has 1 saturated carbocycles. The van der Waals surface area contributed by atoms with Gasteiger partial charge in [0, 0.05) is 29.0 Å². The van der Waals surface area contributed by atoms with E-state index in [0.29, 0.717) is 21.7 Å². The van der Waals surface area contributed by atoms with Crippen LogP contribution in [0.3, 0.4) is 0 Å². The van der Waals surface area contributed by atoms with Crippen LogP contribution < -0.4 is 5.32 Å². The van der Waals surface area contributed by atoms with Gasteiger partial charge < -0.3 is 10.1 Å². The molecule has 0 radical (unpaired) electrons. The van der Waals surface area contributed by atoms with Crippen molar-refractivity contribution in [3.63, 3.8) is 0 Å². The van der Waals surface area contributed by atoms with E-state index in [1.807, 2.05) is 0 Å². The lowest BCUT2D eigenvalue weighted by Crippen LogP contribution is -2.28. The molecule has 0 spiro atoms. The third-order valence-corrected chi connectivity index (χ3v) is 5.27. The highest BCUT2D eigenvalue weighted by molar-refractivity contribution is 7.15. The van der Waals surface area contributed by atoms with Gasteiger partial charge in [-0.25, -0.2) is 4.79 Å². The molecule has 1 amide bonds. The second-order valence-corrected chi connectivity index (χ2v) is 6.87. The van der Waals surface area contributed by atoms with Gasteiger partial charge in [-0.3, -0.25) is 14.9 Å². The molecule has 1 aliphatic rings. The van der Waals surface area contributed by atoms with Crippen LogP contribution in [0, 0.1) is 16.0 Å². The molecule has 1 heterocycles. The monoisotopic (exact) mass is 374 g/mol. The second-order valence-electron chi connectivity index (χ2n) is 6.00. The van der Waals surface area contributed by atoms with E-state index in [1.54, 1.807) is 24.4 Å². The number of anilines is 1. The summed E-state index contributed by atoms with van der Waals surface area (Å²) in [5, 5.41) is 15.9. The Morgan fingerprint density at radius 3 is 2.54 bits per heavy atom. The molecule has 26 heavy (non-hydrogen) atoms. The van der Waals surface area contributed by atoms with Crippen LogP contribution in [0.25, 0.3) is 11.1 Å². The van der Waals surface area contributed by atoms with Gasteiger partial charge in [-0.15, -0.1) is 11.3 Å². The van der Waals surface area contributed by atoms with Gasteiger partial charge in [0.1, 0.15) is 10.6 Å². The van der Waals surface area contributed by atoms with E-state index < -0.39 is 10.9 Å². The normalized spacial score (nSPS) is 13.7. The molecule has 0 bridgehead atoms. The molecular weight excluding hydrogens is 356 g/mol. The van der Waals surface area contributed by atoms with Crippen molar-refractivity contribution in [1.82, 2.24) is 0 Å². The van der Waals surface area contributed by atoms with Gasteiger partial charge in [0.15, 0.2) is 0 Å². The molecule has 2 aromatic rings. The number of ether oxygens (including phenoxy) is 1. The number of nitro benzene ring substituents is 1. The van der Waals surface area contributed by atoms with Crippen molar-refractivity contribution < 1.29 is 19.2 Å². The number of amides is 1. The Labute approximate surface area is 154 Å². The standard InChI is InChI=1S/C18H18N2O5S/c1-2-25-18(22)15-14(11-6-8-13(9-7-11)20(23)24)10-26-17(15)19-16(21)12-4-3-5-12/h6-10,12H,2-5H2,1H3,(H,19,21). The number of carbonyl (C=O) groups excluding carboxylic acids is 2. The molecule has 0 unspecified atom stereocenters. The number of nitrogens with zero attached hydrogens (tertiary/aromatic N) is 1. The summed E-state index contributed by atoms with van der Waals surface area (Å²) in [7, 11) is 0. The number of esters is 1. The topological polar surface area (TPSA) is 98.5 Å². The summed E-state index contributed by atoms with van der Waals surface area (Å²) < 4.78 is 5.14. The van der Waals surface area contributed by atoms with E-state index in [9.17, 15) is 19.7 Å². The average molecular weight is 374 g/mol. The molecule has 7 nitrogen and oxygen atoms in total. The minimum atomic E-state index is -0.522. The first-order valence-corrected chi connectivity index (χ1v) is 9.23. The van der Waals surface area contributed by atoms with Crippen molar-refractivity contribution in [2.45, 2.75) is 26.2 Å². The summed E-state index contributed by atoms with van der Waals surface area (Å²) in [5.41, 5.74) is 1.50. The first kappa shape index (κ1) is 18.1. The molecule has 1 aromatic carbocycles. The van der Waals surface area contributed by atoms with Crippen LogP contribution in [0.5, 0.6) is 0 Å². The number of rotatable bonds is 6. The molecule has 0 atom stereocenters. The molecule has 1 fully saturated rings. The summed E-state index contributed by atoms with van der Waals surface area (Å²) in [4.78, 5) is 35.1. The average Bonchev–Trinajstić information content (AvgIpc) is 2.97. The molecule has 1 aromatic heterocycles. The maximum Gasteiger partial charge on any atom is 0.341 e. The molecule has 136 valence electrons. The van der Waals surface area contributed by atoms with E-state index >= 15 is 0 Å². The number of benzene rings is 1. The van der Waals surface area contributed by atoms with Crippen LogP contribution in [-0.2, 0) is 9.53 Å². The maximum atomic E-state index is 12.5. The number of hydrogen-bond acceptors (Lipinski definition) is 6. The van der Waals surface area contributed by atoms with Crippen LogP contribution in [0.15, 0.2) is 29.6 Å². The molecule has 1 N–H and O–H groups in total. The van der Waals surface area contributed by atoms with Crippen LogP contribution in [0.1, 0.15) is 36.5 Å². The summed E-state index contributed by atoms with van der Waals surface area (Å²) >= 11 is 1.25. The van der Waals surface area contributed by atoms with E-state index in [2.05, 4.69) is 5.32 Å². The van der Waals surface area contributed by atoms with Gasteiger partial charge >= 0.3 is 5.97 Å². The molecule has 3 rings (SSSR count). The summed E-state index contributed by atoms with van der Waals surface area (Å²) in [6, 6.07) is 5.93. The van der Waals surface area contributed by atoms with Crippen molar-refractivity contribution in [2.24, 2.45) is 5.92 Å². The fourth-order valence-electron chi connectivity index (χ4n) is 2.72. The summed E-state index contributed by atoms with van der Waals surface area (Å²) in [6.07, 6.45) is 2.77. The van der Waals surface area contributed by atoms with Crippen LogP contribution in [0.4, 0.5) is 10.7 Å². The highest BCUT2D eigenvalue weighted by Gasteiger charge is 2.28. The largest absolute Gasteiger partial charge is 0.462 e. The Bertz CT molecular complexity index is 840. The summed E-state index contributed by atoms with van der Waals surface area (Å²) in [5.74, 6) is -0.611. The van der Waals surface area contributed by atoms with Crippen molar-refractivity contribution in [3.8, 4) is 11.1 Å². The Morgan fingerprint density at radius 1 is 1.31 bits per heavy atom. The fraction of sp³-hybridized carbons (Fsp3) is 0.333. The van der Waals surface area contributed by atoms with Gasteiger partial charge in [0.2, 0.25) is 5.91 Å². The smallest absolute Gasteiger partial charge is 0.341 e. The van der Waals surface area contributed by atoms with Crippen LogP contribution in [-0.4, -0.2) is 23.4 Å². The van der Waals surface area contributed by atoms with E-state index in [1.165, 1.54) is 23.5 Å². The SMILES string of the molecule is CCOC(=O)c1c(-c2ccc([N+](=O)[O-])cc2)csc1NC(=O)C1CCC1. The van der Waals surface area contributed by atoms with Crippen molar-refractivity contribution in [1.29, 1.82) is 0 Å². The summed E-state index contributed by atoms with van der Waals surface area (Å²) in [6.45, 7) is 1.92. The number of thiophene rings is 1. The quantitative estimate of drug-likeness (QED) is 0.463. The van der Waals surface area contributed by atoms with Gasteiger partial charge in [0.05, 0.1) is 11.5 Å². The second kappa shape index (κ2) is 7.65. The molecular formula is C18H18N2O5S. The third kappa shape index (κ3) is 3.60. The van der Waals surface area contributed by atoms with Gasteiger partial charge in [-0.05, 0) is 37.5 Å². The lowest BCUT2D eigenvalue weighted by Gasteiger charge is -2.23. The van der Waals surface area contributed by atoms with Crippen molar-refractivity contribution in [2.75, 3.05) is 11.9 Å². The van der Waals surface area contributed by atoms with Crippen LogP contribution in [0.2, 0.25) is 0 Å².